The average Bonchev–Trinajstić information content (AvgIpc) is 3.30. The number of amides is 1. The van der Waals surface area contributed by atoms with Gasteiger partial charge >= 0.3 is 0 Å². The highest BCUT2D eigenvalue weighted by Gasteiger charge is 2.24. The van der Waals surface area contributed by atoms with Crippen LogP contribution in [0.2, 0.25) is 0 Å². The molecule has 2 aliphatic heterocycles. The fraction of sp³-hybridized carbons (Fsp3) is 0.483. The summed E-state index contributed by atoms with van der Waals surface area (Å²) in [6, 6.07) is 21.2. The molecule has 7 heteroatoms. The number of hydrogen-bond donors (Lipinski definition) is 0. The van der Waals surface area contributed by atoms with Crippen LogP contribution in [0.4, 0.5) is 0 Å². The molecule has 3 aromatic rings. The summed E-state index contributed by atoms with van der Waals surface area (Å²) < 4.78 is 2.22. The van der Waals surface area contributed by atoms with Crippen molar-refractivity contribution >= 4 is 17.7 Å². The number of carbonyl (C=O) groups excluding carboxylic acids is 1. The maximum absolute atomic E-state index is 13.1. The van der Waals surface area contributed by atoms with Crippen molar-refractivity contribution in [2.45, 2.75) is 56.8 Å². The molecule has 1 amide bonds. The lowest BCUT2D eigenvalue weighted by Gasteiger charge is -2.32. The molecular weight excluding hydrogens is 466 g/mol. The number of aromatic nitrogens is 3. The molecule has 190 valence electrons. The van der Waals surface area contributed by atoms with Gasteiger partial charge in [0.2, 0.25) is 5.91 Å². The molecule has 0 radical (unpaired) electrons. The Bertz CT molecular complexity index is 1090. The summed E-state index contributed by atoms with van der Waals surface area (Å²) in [5, 5.41) is 9.95. The van der Waals surface area contributed by atoms with Gasteiger partial charge in [-0.15, -0.1) is 10.2 Å². The molecule has 1 aromatic heterocycles. The molecule has 2 aliphatic rings. The van der Waals surface area contributed by atoms with E-state index in [4.69, 9.17) is 0 Å². The van der Waals surface area contributed by atoms with Crippen molar-refractivity contribution in [1.82, 2.24) is 24.6 Å². The molecule has 6 nitrogen and oxygen atoms in total. The van der Waals surface area contributed by atoms with Crippen molar-refractivity contribution in [3.8, 4) is 0 Å². The van der Waals surface area contributed by atoms with Crippen molar-refractivity contribution in [1.29, 1.82) is 0 Å². The van der Waals surface area contributed by atoms with Crippen molar-refractivity contribution in [3.05, 3.63) is 77.6 Å². The first kappa shape index (κ1) is 25.0. The summed E-state index contributed by atoms with van der Waals surface area (Å²) in [5.74, 6) is 2.29. The first-order chi connectivity index (χ1) is 17.7. The Labute approximate surface area is 219 Å². The van der Waals surface area contributed by atoms with Crippen LogP contribution >= 0.6 is 11.8 Å². The monoisotopic (exact) mass is 503 g/mol. The third-order valence-electron chi connectivity index (χ3n) is 7.45. The molecular formula is C29H37N5OS. The van der Waals surface area contributed by atoms with Crippen LogP contribution in [0, 0.1) is 5.92 Å². The van der Waals surface area contributed by atoms with Gasteiger partial charge in [-0.05, 0) is 62.2 Å². The van der Waals surface area contributed by atoms with Crippen molar-refractivity contribution in [2.75, 3.05) is 31.9 Å². The molecule has 0 saturated carbocycles. The molecule has 2 fully saturated rings. The minimum atomic E-state index is 0.213. The zero-order valence-corrected chi connectivity index (χ0v) is 21.9. The lowest BCUT2D eigenvalue weighted by molar-refractivity contribution is -0.129. The SMILES string of the molecule is O=C(CSc1nnc(CN2CCCCC2)n1Cc1ccccc1)N1CCC(Cc2ccccc2)CC1. The van der Waals surface area contributed by atoms with Crippen LogP contribution < -0.4 is 0 Å². The molecule has 2 saturated heterocycles. The van der Waals surface area contributed by atoms with Gasteiger partial charge in [0.15, 0.2) is 5.16 Å². The van der Waals surface area contributed by atoms with E-state index >= 15 is 0 Å². The third-order valence-corrected chi connectivity index (χ3v) is 8.40. The predicted molar refractivity (Wildman–Crippen MR) is 145 cm³/mol. The second-order valence-corrected chi connectivity index (χ2v) is 11.1. The second-order valence-electron chi connectivity index (χ2n) is 10.1. The Hall–Kier alpha value is -2.64. The number of thioether (sulfide) groups is 1. The van der Waals surface area contributed by atoms with Gasteiger partial charge in [-0.3, -0.25) is 9.69 Å². The summed E-state index contributed by atoms with van der Waals surface area (Å²) in [7, 11) is 0. The van der Waals surface area contributed by atoms with Crippen molar-refractivity contribution < 1.29 is 4.79 Å². The van der Waals surface area contributed by atoms with Crippen LogP contribution in [0.3, 0.4) is 0 Å². The van der Waals surface area contributed by atoms with E-state index in [-0.39, 0.29) is 5.91 Å². The van der Waals surface area contributed by atoms with Gasteiger partial charge in [0, 0.05) is 13.1 Å². The van der Waals surface area contributed by atoms with Gasteiger partial charge in [0.1, 0.15) is 5.82 Å². The van der Waals surface area contributed by atoms with Crippen LogP contribution in [0.25, 0.3) is 0 Å². The molecule has 0 unspecified atom stereocenters. The van der Waals surface area contributed by atoms with Crippen LogP contribution in [0.15, 0.2) is 65.8 Å². The number of rotatable bonds is 9. The molecule has 0 bridgehead atoms. The van der Waals surface area contributed by atoms with Crippen LogP contribution in [-0.2, 0) is 24.3 Å². The highest BCUT2D eigenvalue weighted by atomic mass is 32.2. The van der Waals surface area contributed by atoms with Gasteiger partial charge in [-0.2, -0.15) is 0 Å². The molecule has 0 atom stereocenters. The van der Waals surface area contributed by atoms with Crippen molar-refractivity contribution in [2.24, 2.45) is 5.92 Å². The van der Waals surface area contributed by atoms with E-state index in [2.05, 4.69) is 74.3 Å². The van der Waals surface area contributed by atoms with Gasteiger partial charge in [0.05, 0.1) is 18.8 Å². The number of likely N-dealkylation sites (tertiary alicyclic amines) is 2. The van der Waals surface area contributed by atoms with E-state index in [0.717, 1.165) is 69.5 Å². The second kappa shape index (κ2) is 12.5. The first-order valence-corrected chi connectivity index (χ1v) is 14.4. The first-order valence-electron chi connectivity index (χ1n) is 13.4. The fourth-order valence-corrected chi connectivity index (χ4v) is 6.20. The minimum absolute atomic E-state index is 0.213. The van der Waals surface area contributed by atoms with E-state index < -0.39 is 0 Å². The van der Waals surface area contributed by atoms with Gasteiger partial charge in [-0.25, -0.2) is 0 Å². The maximum atomic E-state index is 13.1. The standard InChI is InChI=1S/C29H37N5OS/c35-28(33-18-14-25(15-19-33)20-24-10-4-1-5-11-24)23-36-29-31-30-27(22-32-16-8-3-9-17-32)34(29)21-26-12-6-2-7-13-26/h1-2,4-7,10-13,25H,3,8-9,14-23H2. The number of benzene rings is 2. The predicted octanol–water partition coefficient (Wildman–Crippen LogP) is 4.89. The van der Waals surface area contributed by atoms with Crippen LogP contribution in [0.5, 0.6) is 0 Å². The molecule has 0 N–H and O–H groups in total. The summed E-state index contributed by atoms with van der Waals surface area (Å²) in [6.45, 7) is 5.52. The summed E-state index contributed by atoms with van der Waals surface area (Å²) in [4.78, 5) is 17.6. The Morgan fingerprint density at radius 2 is 1.47 bits per heavy atom. The molecule has 0 aliphatic carbocycles. The lowest BCUT2D eigenvalue weighted by atomic mass is 9.90. The quantitative estimate of drug-likeness (QED) is 0.390. The largest absolute Gasteiger partial charge is 0.342 e. The Morgan fingerprint density at radius 1 is 0.806 bits per heavy atom. The lowest BCUT2D eigenvalue weighted by Crippen LogP contribution is -2.39. The zero-order valence-electron chi connectivity index (χ0n) is 21.1. The maximum Gasteiger partial charge on any atom is 0.233 e. The average molecular weight is 504 g/mol. The van der Waals surface area contributed by atoms with E-state index in [1.54, 1.807) is 0 Å². The number of nitrogens with zero attached hydrogens (tertiary/aromatic N) is 5. The normalized spacial score (nSPS) is 17.4. The van der Waals surface area contributed by atoms with Gasteiger partial charge in [0.25, 0.3) is 0 Å². The van der Waals surface area contributed by atoms with Crippen LogP contribution in [-0.4, -0.2) is 62.4 Å². The number of hydrogen-bond acceptors (Lipinski definition) is 5. The molecule has 3 heterocycles. The summed E-state index contributed by atoms with van der Waals surface area (Å²) in [5.41, 5.74) is 2.63. The Balaban J connectivity index is 1.18. The smallest absolute Gasteiger partial charge is 0.233 e. The molecule has 5 rings (SSSR count). The van der Waals surface area contributed by atoms with E-state index in [9.17, 15) is 4.79 Å². The zero-order chi connectivity index (χ0) is 24.6. The number of carbonyl (C=O) groups is 1. The fourth-order valence-electron chi connectivity index (χ4n) is 5.34. The summed E-state index contributed by atoms with van der Waals surface area (Å²) >= 11 is 1.53. The minimum Gasteiger partial charge on any atom is -0.342 e. The highest BCUT2D eigenvalue weighted by molar-refractivity contribution is 7.99. The topological polar surface area (TPSA) is 54.3 Å². The van der Waals surface area contributed by atoms with Crippen molar-refractivity contribution in [3.63, 3.8) is 0 Å². The van der Waals surface area contributed by atoms with Gasteiger partial charge < -0.3 is 9.47 Å². The van der Waals surface area contributed by atoms with E-state index in [1.807, 2.05) is 11.0 Å². The number of piperidine rings is 2. The van der Waals surface area contributed by atoms with E-state index in [0.29, 0.717) is 11.7 Å². The van der Waals surface area contributed by atoms with E-state index in [1.165, 1.54) is 42.2 Å². The highest BCUT2D eigenvalue weighted by Crippen LogP contribution is 2.25. The third kappa shape index (κ3) is 6.77. The molecule has 36 heavy (non-hydrogen) atoms. The van der Waals surface area contributed by atoms with Crippen LogP contribution in [0.1, 0.15) is 49.1 Å². The Kier molecular flexibility index (Phi) is 8.72. The summed E-state index contributed by atoms with van der Waals surface area (Å²) in [6.07, 6.45) is 7.10. The Morgan fingerprint density at radius 3 is 2.17 bits per heavy atom. The van der Waals surface area contributed by atoms with Gasteiger partial charge in [-0.1, -0.05) is 78.8 Å². The molecule has 0 spiro atoms. The molecule has 2 aromatic carbocycles.